The molecule has 1 aromatic rings. The van der Waals surface area contributed by atoms with Crippen molar-refractivity contribution in [2.75, 3.05) is 6.54 Å². The SMILES string of the molecule is CC(C)NC(=O)NCCn1nc(C2CC2)cc1C1CC1. The zero-order valence-electron chi connectivity index (χ0n) is 12.4. The molecule has 0 unspecified atom stereocenters. The first kappa shape index (κ1) is 13.5. The molecule has 5 heteroatoms. The van der Waals surface area contributed by atoms with Crippen LogP contribution in [-0.2, 0) is 6.54 Å². The van der Waals surface area contributed by atoms with E-state index in [4.69, 9.17) is 5.10 Å². The molecule has 0 radical (unpaired) electrons. The Morgan fingerprint density at radius 2 is 2.05 bits per heavy atom. The number of rotatable bonds is 6. The molecule has 0 bridgehead atoms. The second kappa shape index (κ2) is 5.46. The highest BCUT2D eigenvalue weighted by Crippen LogP contribution is 2.44. The number of urea groups is 1. The highest BCUT2D eigenvalue weighted by atomic mass is 16.2. The molecule has 2 N–H and O–H groups in total. The normalized spacial score (nSPS) is 18.4. The van der Waals surface area contributed by atoms with E-state index >= 15 is 0 Å². The third-order valence-electron chi connectivity index (χ3n) is 3.85. The average Bonchev–Trinajstić information content (AvgIpc) is 3.28. The highest BCUT2D eigenvalue weighted by Gasteiger charge is 2.32. The van der Waals surface area contributed by atoms with Gasteiger partial charge in [-0.2, -0.15) is 5.10 Å². The van der Waals surface area contributed by atoms with Crippen molar-refractivity contribution < 1.29 is 4.79 Å². The summed E-state index contributed by atoms with van der Waals surface area (Å²) in [5.41, 5.74) is 2.64. The molecule has 2 saturated carbocycles. The van der Waals surface area contributed by atoms with Crippen LogP contribution in [0.2, 0.25) is 0 Å². The van der Waals surface area contributed by atoms with Crippen LogP contribution in [0.5, 0.6) is 0 Å². The Balaban J connectivity index is 1.55. The van der Waals surface area contributed by atoms with Gasteiger partial charge in [-0.15, -0.1) is 0 Å². The van der Waals surface area contributed by atoms with Gasteiger partial charge in [0.05, 0.1) is 12.2 Å². The Morgan fingerprint density at radius 3 is 2.65 bits per heavy atom. The summed E-state index contributed by atoms with van der Waals surface area (Å²) in [6.45, 7) is 5.31. The molecule has 2 aliphatic rings. The average molecular weight is 276 g/mol. The monoisotopic (exact) mass is 276 g/mol. The second-order valence-corrected chi connectivity index (χ2v) is 6.32. The summed E-state index contributed by atoms with van der Waals surface area (Å²) in [5, 5.41) is 10.5. The van der Waals surface area contributed by atoms with Crippen molar-refractivity contribution in [3.8, 4) is 0 Å². The molecule has 20 heavy (non-hydrogen) atoms. The van der Waals surface area contributed by atoms with E-state index < -0.39 is 0 Å². The molecule has 2 amide bonds. The second-order valence-electron chi connectivity index (χ2n) is 6.32. The molecule has 0 aromatic carbocycles. The van der Waals surface area contributed by atoms with Crippen LogP contribution in [0.4, 0.5) is 4.79 Å². The van der Waals surface area contributed by atoms with Gasteiger partial charge in [0.25, 0.3) is 0 Å². The van der Waals surface area contributed by atoms with Crippen LogP contribution in [0.15, 0.2) is 6.07 Å². The Kier molecular flexibility index (Phi) is 3.68. The van der Waals surface area contributed by atoms with Gasteiger partial charge in [0.2, 0.25) is 0 Å². The van der Waals surface area contributed by atoms with E-state index in [1.807, 2.05) is 13.8 Å². The minimum Gasteiger partial charge on any atom is -0.336 e. The van der Waals surface area contributed by atoms with Crippen molar-refractivity contribution in [1.82, 2.24) is 20.4 Å². The summed E-state index contributed by atoms with van der Waals surface area (Å²) in [6.07, 6.45) is 5.15. The number of carbonyl (C=O) groups excluding carboxylic acids is 1. The Bertz CT molecular complexity index is 486. The van der Waals surface area contributed by atoms with E-state index in [1.165, 1.54) is 37.1 Å². The summed E-state index contributed by atoms with van der Waals surface area (Å²) in [5.74, 6) is 1.41. The van der Waals surface area contributed by atoms with Gasteiger partial charge in [-0.1, -0.05) is 0 Å². The third kappa shape index (κ3) is 3.32. The molecule has 1 aromatic heterocycles. The Morgan fingerprint density at radius 1 is 1.35 bits per heavy atom. The summed E-state index contributed by atoms with van der Waals surface area (Å²) < 4.78 is 2.11. The maximum Gasteiger partial charge on any atom is 0.315 e. The predicted molar refractivity (Wildman–Crippen MR) is 77.8 cm³/mol. The fourth-order valence-electron chi connectivity index (χ4n) is 2.51. The number of amides is 2. The molecule has 0 saturated heterocycles. The summed E-state index contributed by atoms with van der Waals surface area (Å²) in [4.78, 5) is 11.5. The zero-order valence-corrected chi connectivity index (χ0v) is 12.4. The van der Waals surface area contributed by atoms with Crippen LogP contribution < -0.4 is 10.6 Å². The molecule has 110 valence electrons. The summed E-state index contributed by atoms with van der Waals surface area (Å²) >= 11 is 0. The van der Waals surface area contributed by atoms with Gasteiger partial charge in [-0.3, -0.25) is 4.68 Å². The predicted octanol–water partition coefficient (Wildman–Crippen LogP) is 2.35. The van der Waals surface area contributed by atoms with Crippen molar-refractivity contribution >= 4 is 6.03 Å². The summed E-state index contributed by atoms with van der Waals surface area (Å²) in [7, 11) is 0. The quantitative estimate of drug-likeness (QED) is 0.838. The number of hydrogen-bond donors (Lipinski definition) is 2. The van der Waals surface area contributed by atoms with E-state index in [-0.39, 0.29) is 12.1 Å². The van der Waals surface area contributed by atoms with Gasteiger partial charge < -0.3 is 10.6 Å². The molecule has 1 heterocycles. The van der Waals surface area contributed by atoms with Crippen molar-refractivity contribution in [2.45, 2.75) is 64.0 Å². The molecule has 3 rings (SSSR count). The van der Waals surface area contributed by atoms with Crippen LogP contribution in [0.1, 0.15) is 62.8 Å². The minimum atomic E-state index is -0.0949. The lowest BCUT2D eigenvalue weighted by atomic mass is 10.2. The van der Waals surface area contributed by atoms with Crippen molar-refractivity contribution in [1.29, 1.82) is 0 Å². The van der Waals surface area contributed by atoms with Crippen LogP contribution >= 0.6 is 0 Å². The topological polar surface area (TPSA) is 59.0 Å². The van der Waals surface area contributed by atoms with E-state index in [1.54, 1.807) is 0 Å². The maximum absolute atomic E-state index is 11.5. The highest BCUT2D eigenvalue weighted by molar-refractivity contribution is 5.73. The fourth-order valence-corrected chi connectivity index (χ4v) is 2.51. The van der Waals surface area contributed by atoms with Gasteiger partial charge in [-0.05, 0) is 45.6 Å². The summed E-state index contributed by atoms with van der Waals surface area (Å²) in [6, 6.07) is 2.37. The first-order valence-electron chi connectivity index (χ1n) is 7.75. The van der Waals surface area contributed by atoms with Gasteiger partial charge in [0.1, 0.15) is 0 Å². The number of nitrogens with zero attached hydrogens (tertiary/aromatic N) is 2. The number of hydrogen-bond acceptors (Lipinski definition) is 2. The smallest absolute Gasteiger partial charge is 0.315 e. The van der Waals surface area contributed by atoms with Crippen molar-refractivity contribution in [2.24, 2.45) is 0 Å². The van der Waals surface area contributed by atoms with Crippen LogP contribution in [-0.4, -0.2) is 28.4 Å². The van der Waals surface area contributed by atoms with Crippen LogP contribution in [0, 0.1) is 0 Å². The third-order valence-corrected chi connectivity index (χ3v) is 3.85. The maximum atomic E-state index is 11.5. The lowest BCUT2D eigenvalue weighted by Gasteiger charge is -2.11. The number of aromatic nitrogens is 2. The van der Waals surface area contributed by atoms with Gasteiger partial charge in [0, 0.05) is 30.1 Å². The molecule has 0 spiro atoms. The Labute approximate surface area is 120 Å². The molecule has 2 fully saturated rings. The van der Waals surface area contributed by atoms with Crippen molar-refractivity contribution in [3.05, 3.63) is 17.5 Å². The Hall–Kier alpha value is -1.52. The number of carbonyl (C=O) groups is 1. The molecule has 5 nitrogen and oxygen atoms in total. The largest absolute Gasteiger partial charge is 0.336 e. The fraction of sp³-hybridized carbons (Fsp3) is 0.733. The van der Waals surface area contributed by atoms with Gasteiger partial charge >= 0.3 is 6.03 Å². The first-order chi connectivity index (χ1) is 9.63. The van der Waals surface area contributed by atoms with Crippen LogP contribution in [0.3, 0.4) is 0 Å². The zero-order chi connectivity index (χ0) is 14.1. The lowest BCUT2D eigenvalue weighted by Crippen LogP contribution is -2.40. The lowest BCUT2D eigenvalue weighted by molar-refractivity contribution is 0.238. The first-order valence-corrected chi connectivity index (χ1v) is 7.75. The standard InChI is InChI=1S/C15H24N4O/c1-10(2)17-15(20)16-7-8-19-14(12-5-6-12)9-13(18-19)11-3-4-11/h9-12H,3-8H2,1-2H3,(H2,16,17,20). The molecule has 0 atom stereocenters. The van der Waals surface area contributed by atoms with E-state index in [9.17, 15) is 4.79 Å². The van der Waals surface area contributed by atoms with Gasteiger partial charge in [-0.25, -0.2) is 4.79 Å². The molecular formula is C15H24N4O. The van der Waals surface area contributed by atoms with Crippen LogP contribution in [0.25, 0.3) is 0 Å². The number of nitrogens with one attached hydrogen (secondary N) is 2. The van der Waals surface area contributed by atoms with Crippen molar-refractivity contribution in [3.63, 3.8) is 0 Å². The molecule has 2 aliphatic carbocycles. The van der Waals surface area contributed by atoms with E-state index in [0.717, 1.165) is 6.54 Å². The molecular weight excluding hydrogens is 252 g/mol. The molecule has 0 aliphatic heterocycles. The van der Waals surface area contributed by atoms with Gasteiger partial charge in [0.15, 0.2) is 0 Å². The minimum absolute atomic E-state index is 0.0949. The van der Waals surface area contributed by atoms with E-state index in [2.05, 4.69) is 21.4 Å². The van der Waals surface area contributed by atoms with E-state index in [0.29, 0.717) is 18.4 Å².